The standard InChI is InChI=1S/C12H10F17NO3S/c1-2-30(34(32)33)4(3-31)5(13,14)6(15,16)7(17,18)8(19,20)9(21,22)10(23,24)11(25,26)12(27,28)29/h4,31,34H,2-3H2,1H3. The molecule has 0 aliphatic heterocycles. The Balaban J connectivity index is 6.99. The van der Waals surface area contributed by atoms with E-state index in [9.17, 15) is 83.1 Å². The van der Waals surface area contributed by atoms with E-state index in [1.807, 2.05) is 0 Å². The van der Waals surface area contributed by atoms with Crippen LogP contribution in [0.25, 0.3) is 0 Å². The predicted molar refractivity (Wildman–Crippen MR) is 74.3 cm³/mol. The minimum atomic E-state index is -8.79. The summed E-state index contributed by atoms with van der Waals surface area (Å²) in [6, 6.07) is -4.15. The first kappa shape index (κ1) is 32.7. The summed E-state index contributed by atoms with van der Waals surface area (Å²) in [5, 5.41) is 8.68. The third-order valence-electron chi connectivity index (χ3n) is 4.23. The maximum absolute atomic E-state index is 14.0. The molecule has 0 saturated carbocycles. The third kappa shape index (κ3) is 4.26. The highest BCUT2D eigenvalue weighted by atomic mass is 32.2. The Morgan fingerprint density at radius 3 is 1.15 bits per heavy atom. The monoisotopic (exact) mass is 571 g/mol. The molecule has 0 amide bonds. The van der Waals surface area contributed by atoms with Crippen molar-refractivity contribution in [3.63, 3.8) is 0 Å². The smallest absolute Gasteiger partial charge is 0.394 e. The number of aliphatic hydroxyl groups is 1. The highest BCUT2D eigenvalue weighted by molar-refractivity contribution is 7.69. The quantitative estimate of drug-likeness (QED) is 0.289. The lowest BCUT2D eigenvalue weighted by atomic mass is 9.87. The molecule has 0 rings (SSSR count). The van der Waals surface area contributed by atoms with Crippen LogP contribution < -0.4 is 0 Å². The normalized spacial score (nSPS) is 17.0. The summed E-state index contributed by atoms with van der Waals surface area (Å²) >= 11 is 0. The molecular formula is C12H10F17NO3S. The first-order valence-electron chi connectivity index (χ1n) is 7.82. The van der Waals surface area contributed by atoms with E-state index in [-0.39, 0.29) is 0 Å². The van der Waals surface area contributed by atoms with Crippen LogP contribution in [-0.4, -0.2) is 84.7 Å². The van der Waals surface area contributed by atoms with Crippen LogP contribution >= 0.6 is 0 Å². The second kappa shape index (κ2) is 8.96. The van der Waals surface area contributed by atoms with Gasteiger partial charge in [-0.1, -0.05) is 6.92 Å². The summed E-state index contributed by atoms with van der Waals surface area (Å²) in [5.41, 5.74) is 0. The minimum Gasteiger partial charge on any atom is -0.394 e. The second-order valence-corrected chi connectivity index (χ2v) is 7.25. The lowest BCUT2D eigenvalue weighted by Gasteiger charge is -2.44. The molecule has 22 heteroatoms. The lowest BCUT2D eigenvalue weighted by Crippen LogP contribution is -2.76. The molecular weight excluding hydrogens is 561 g/mol. The van der Waals surface area contributed by atoms with Crippen LogP contribution in [-0.2, 0) is 10.9 Å². The molecule has 0 fully saturated rings. The molecule has 0 heterocycles. The third-order valence-corrected chi connectivity index (χ3v) is 5.21. The fourth-order valence-electron chi connectivity index (χ4n) is 2.23. The largest absolute Gasteiger partial charge is 0.460 e. The molecule has 0 bridgehead atoms. The summed E-state index contributed by atoms with van der Waals surface area (Å²) in [7, 11) is -4.52. The van der Waals surface area contributed by atoms with Crippen molar-refractivity contribution >= 4 is 10.9 Å². The Bertz CT molecular complexity index is 798. The van der Waals surface area contributed by atoms with E-state index in [1.165, 1.54) is 0 Å². The second-order valence-electron chi connectivity index (χ2n) is 6.26. The Morgan fingerprint density at radius 2 is 0.912 bits per heavy atom. The molecule has 0 aromatic heterocycles. The van der Waals surface area contributed by atoms with Crippen LogP contribution in [0.4, 0.5) is 74.6 Å². The minimum absolute atomic E-state index is 0.517. The zero-order valence-electron chi connectivity index (χ0n) is 15.6. The zero-order chi connectivity index (χ0) is 28.1. The Morgan fingerprint density at radius 1 is 0.618 bits per heavy atom. The van der Waals surface area contributed by atoms with Gasteiger partial charge in [0.2, 0.25) is 10.9 Å². The average molecular weight is 571 g/mol. The van der Waals surface area contributed by atoms with Gasteiger partial charge in [-0.3, -0.25) is 0 Å². The molecule has 0 aliphatic rings. The van der Waals surface area contributed by atoms with Gasteiger partial charge in [-0.25, -0.2) is 8.42 Å². The van der Waals surface area contributed by atoms with Gasteiger partial charge in [-0.05, 0) is 0 Å². The maximum Gasteiger partial charge on any atom is 0.460 e. The summed E-state index contributed by atoms with van der Waals surface area (Å²) < 4.78 is 245. The first-order valence-corrected chi connectivity index (χ1v) is 8.95. The molecule has 1 unspecified atom stereocenters. The van der Waals surface area contributed by atoms with Crippen LogP contribution in [0, 0.1) is 0 Å². The van der Waals surface area contributed by atoms with E-state index in [1.54, 1.807) is 0 Å². The topological polar surface area (TPSA) is 57.6 Å². The summed E-state index contributed by atoms with van der Waals surface area (Å²) in [6.07, 6.45) is -7.86. The van der Waals surface area contributed by atoms with Crippen molar-refractivity contribution in [2.75, 3.05) is 13.2 Å². The Labute approximate surface area is 178 Å². The van der Waals surface area contributed by atoms with E-state index in [2.05, 4.69) is 0 Å². The molecule has 0 radical (unpaired) electrons. The van der Waals surface area contributed by atoms with Gasteiger partial charge in [-0.2, -0.15) is 78.9 Å². The van der Waals surface area contributed by atoms with Crippen LogP contribution in [0.1, 0.15) is 6.92 Å². The van der Waals surface area contributed by atoms with Crippen molar-refractivity contribution < 1.29 is 88.2 Å². The van der Waals surface area contributed by atoms with Gasteiger partial charge < -0.3 is 5.11 Å². The number of nitrogens with zero attached hydrogens (tertiary/aromatic N) is 1. The number of aliphatic hydroxyl groups excluding tert-OH is 1. The number of likely N-dealkylation sites (N-methyl/N-ethyl adjacent to an activating group) is 1. The van der Waals surface area contributed by atoms with Gasteiger partial charge in [0.15, 0.2) is 0 Å². The van der Waals surface area contributed by atoms with E-state index in [0.29, 0.717) is 6.92 Å². The van der Waals surface area contributed by atoms with E-state index in [0.717, 1.165) is 0 Å². The maximum atomic E-state index is 14.0. The molecule has 0 aromatic carbocycles. The average Bonchev–Trinajstić information content (AvgIpc) is 2.63. The van der Waals surface area contributed by atoms with Gasteiger partial charge in [0, 0.05) is 6.54 Å². The fourth-order valence-corrected chi connectivity index (χ4v) is 2.91. The van der Waals surface area contributed by atoms with E-state index < -0.39 is 82.0 Å². The number of alkyl halides is 17. The summed E-state index contributed by atoms with van der Waals surface area (Å²) in [4.78, 5) is 0. The van der Waals surface area contributed by atoms with Gasteiger partial charge in [0.1, 0.15) is 6.04 Å². The Kier molecular flexibility index (Phi) is 8.61. The van der Waals surface area contributed by atoms with Crippen molar-refractivity contribution in [2.45, 2.75) is 60.6 Å². The van der Waals surface area contributed by atoms with Crippen molar-refractivity contribution in [2.24, 2.45) is 0 Å². The Hall–Kier alpha value is -1.32. The van der Waals surface area contributed by atoms with Crippen LogP contribution in [0.5, 0.6) is 0 Å². The van der Waals surface area contributed by atoms with Gasteiger partial charge in [-0.15, -0.1) is 0 Å². The van der Waals surface area contributed by atoms with Crippen molar-refractivity contribution in [3.05, 3.63) is 0 Å². The molecule has 0 aromatic rings. The molecule has 0 saturated heterocycles. The number of rotatable bonds is 11. The van der Waals surface area contributed by atoms with Crippen LogP contribution in [0.2, 0.25) is 0 Å². The van der Waals surface area contributed by atoms with Gasteiger partial charge in [0.05, 0.1) is 6.61 Å². The van der Waals surface area contributed by atoms with Crippen molar-refractivity contribution in [1.82, 2.24) is 4.31 Å². The molecule has 0 aliphatic carbocycles. The number of thiol groups is 1. The summed E-state index contributed by atoms with van der Waals surface area (Å²) in [5.74, 6) is -58.2. The molecule has 1 atom stereocenters. The number of halogens is 17. The molecule has 206 valence electrons. The predicted octanol–water partition coefficient (Wildman–Crippen LogP) is 4.21. The molecule has 34 heavy (non-hydrogen) atoms. The van der Waals surface area contributed by atoms with Crippen LogP contribution in [0.3, 0.4) is 0 Å². The van der Waals surface area contributed by atoms with E-state index in [4.69, 9.17) is 5.11 Å². The van der Waals surface area contributed by atoms with Crippen LogP contribution in [0.15, 0.2) is 0 Å². The van der Waals surface area contributed by atoms with Crippen molar-refractivity contribution in [1.29, 1.82) is 0 Å². The van der Waals surface area contributed by atoms with Gasteiger partial charge >= 0.3 is 47.6 Å². The lowest BCUT2D eigenvalue weighted by molar-refractivity contribution is -0.463. The highest BCUT2D eigenvalue weighted by Gasteiger charge is 2.95. The zero-order valence-corrected chi connectivity index (χ0v) is 16.5. The SMILES string of the molecule is CCN(C(CO)C(F)(F)C(F)(F)C(F)(F)C(F)(F)C(F)(F)C(F)(F)C(F)(F)C(F)(F)F)[SH](=O)=O. The number of hydrogen-bond donors (Lipinski definition) is 2. The molecule has 0 spiro atoms. The molecule has 4 nitrogen and oxygen atoms in total. The molecule has 1 N–H and O–H groups in total. The van der Waals surface area contributed by atoms with Gasteiger partial charge in [0.25, 0.3) is 0 Å². The van der Waals surface area contributed by atoms with E-state index >= 15 is 0 Å². The van der Waals surface area contributed by atoms with Crippen molar-refractivity contribution in [3.8, 4) is 0 Å². The fraction of sp³-hybridized carbons (Fsp3) is 1.00. The first-order chi connectivity index (χ1) is 14.6. The summed E-state index contributed by atoms with van der Waals surface area (Å²) in [6.45, 7) is -3.48. The highest BCUT2D eigenvalue weighted by Crippen LogP contribution is 2.64. The number of hydrogen-bond acceptors (Lipinski definition) is 3.